The summed E-state index contributed by atoms with van der Waals surface area (Å²) in [7, 11) is -3.89. The van der Waals surface area contributed by atoms with Crippen molar-refractivity contribution in [3.63, 3.8) is 0 Å². The second-order valence-electron chi connectivity index (χ2n) is 6.64. The molecule has 4 rings (SSSR count). The molecule has 0 spiro atoms. The second kappa shape index (κ2) is 7.66. The number of halogens is 2. The Balaban J connectivity index is 1.63. The highest BCUT2D eigenvalue weighted by atomic mass is 32.2. The van der Waals surface area contributed by atoms with E-state index in [9.17, 15) is 17.2 Å². The largest absolute Gasteiger partial charge is 0.456 e. The minimum absolute atomic E-state index is 0.0977. The number of ether oxygens (including phenoxy) is 1. The summed E-state index contributed by atoms with van der Waals surface area (Å²) in [4.78, 5) is 5.15. The van der Waals surface area contributed by atoms with Crippen molar-refractivity contribution in [3.8, 4) is 11.5 Å². The van der Waals surface area contributed by atoms with Gasteiger partial charge in [-0.25, -0.2) is 17.2 Å². The Morgan fingerprint density at radius 2 is 1.80 bits per heavy atom. The van der Waals surface area contributed by atoms with Crippen molar-refractivity contribution in [1.29, 1.82) is 0 Å². The quantitative estimate of drug-likeness (QED) is 0.422. The van der Waals surface area contributed by atoms with Crippen LogP contribution >= 0.6 is 11.3 Å². The monoisotopic (exact) mass is 446 g/mol. The number of nitrogens with one attached hydrogen (secondary N) is 1. The third kappa shape index (κ3) is 4.12. The number of nitrogens with zero attached hydrogens (tertiary/aromatic N) is 1. The third-order valence-electron chi connectivity index (χ3n) is 4.25. The number of aryl methyl sites for hydroxylation is 2. The van der Waals surface area contributed by atoms with Gasteiger partial charge < -0.3 is 4.74 Å². The van der Waals surface area contributed by atoms with Gasteiger partial charge in [-0.05, 0) is 56.3 Å². The number of sulfonamides is 1. The van der Waals surface area contributed by atoms with E-state index in [0.717, 1.165) is 22.3 Å². The molecule has 4 aromatic rings. The topological polar surface area (TPSA) is 68.3 Å². The van der Waals surface area contributed by atoms with Crippen molar-refractivity contribution in [2.75, 3.05) is 4.72 Å². The van der Waals surface area contributed by atoms with Crippen molar-refractivity contribution in [2.24, 2.45) is 0 Å². The molecule has 5 nitrogen and oxygen atoms in total. The molecule has 1 N–H and O–H groups in total. The van der Waals surface area contributed by atoms with Crippen LogP contribution in [0.4, 0.5) is 14.5 Å². The van der Waals surface area contributed by atoms with Crippen LogP contribution < -0.4 is 9.46 Å². The maximum atomic E-state index is 14.6. The lowest BCUT2D eigenvalue weighted by Gasteiger charge is -2.12. The summed E-state index contributed by atoms with van der Waals surface area (Å²) in [6.45, 7) is 3.55. The van der Waals surface area contributed by atoms with Gasteiger partial charge in [-0.1, -0.05) is 0 Å². The summed E-state index contributed by atoms with van der Waals surface area (Å²) < 4.78 is 61.2. The number of aromatic nitrogens is 1. The maximum absolute atomic E-state index is 14.6. The van der Waals surface area contributed by atoms with Crippen LogP contribution in [0, 0.1) is 25.5 Å². The number of benzene rings is 2. The Hall–Kier alpha value is -3.04. The molecule has 2 heterocycles. The van der Waals surface area contributed by atoms with Crippen LogP contribution in [0.25, 0.3) is 10.9 Å². The zero-order valence-corrected chi connectivity index (χ0v) is 17.6. The molecule has 154 valence electrons. The van der Waals surface area contributed by atoms with Gasteiger partial charge in [-0.3, -0.25) is 9.71 Å². The summed E-state index contributed by atoms with van der Waals surface area (Å²) in [6, 6.07) is 12.7. The van der Waals surface area contributed by atoms with Crippen LogP contribution in [0.3, 0.4) is 0 Å². The lowest BCUT2D eigenvalue weighted by atomic mass is 10.2. The number of anilines is 1. The summed E-state index contributed by atoms with van der Waals surface area (Å²) in [5, 5.41) is 0.443. The van der Waals surface area contributed by atoms with E-state index >= 15 is 0 Å². The molecule has 2 aromatic carbocycles. The predicted molar refractivity (Wildman–Crippen MR) is 113 cm³/mol. The highest BCUT2D eigenvalue weighted by Gasteiger charge is 2.19. The van der Waals surface area contributed by atoms with Crippen molar-refractivity contribution >= 4 is 38.0 Å². The van der Waals surface area contributed by atoms with Crippen LogP contribution in [0.15, 0.2) is 58.8 Å². The lowest BCUT2D eigenvalue weighted by molar-refractivity contribution is 0.481. The number of fused-ring (bicyclic) bond motifs is 1. The molecule has 0 aliphatic carbocycles. The molecule has 0 fully saturated rings. The molecule has 0 unspecified atom stereocenters. The highest BCUT2D eigenvalue weighted by molar-refractivity contribution is 7.94. The Labute approximate surface area is 176 Å². The van der Waals surface area contributed by atoms with Crippen molar-refractivity contribution in [1.82, 2.24) is 4.98 Å². The normalized spacial score (nSPS) is 11.6. The summed E-state index contributed by atoms with van der Waals surface area (Å²) in [6.07, 6.45) is 0. The van der Waals surface area contributed by atoms with E-state index in [1.54, 1.807) is 26.0 Å². The number of rotatable bonds is 5. The van der Waals surface area contributed by atoms with Gasteiger partial charge in [-0.15, -0.1) is 11.3 Å². The Morgan fingerprint density at radius 1 is 1.00 bits per heavy atom. The molecule has 0 atom stereocenters. The summed E-state index contributed by atoms with van der Waals surface area (Å²) in [5.41, 5.74) is 0.998. The maximum Gasteiger partial charge on any atom is 0.271 e. The molecule has 0 aliphatic rings. The predicted octanol–water partition coefficient (Wildman–Crippen LogP) is 5.78. The van der Waals surface area contributed by atoms with Crippen LogP contribution in [0.2, 0.25) is 0 Å². The van der Waals surface area contributed by atoms with Gasteiger partial charge in [-0.2, -0.15) is 0 Å². The minimum atomic E-state index is -3.89. The summed E-state index contributed by atoms with van der Waals surface area (Å²) in [5.74, 6) is -0.791. The van der Waals surface area contributed by atoms with Gasteiger partial charge in [0.15, 0.2) is 5.82 Å². The van der Waals surface area contributed by atoms with E-state index in [-0.39, 0.29) is 15.6 Å². The van der Waals surface area contributed by atoms with E-state index in [2.05, 4.69) is 9.71 Å². The van der Waals surface area contributed by atoms with Crippen LogP contribution in [0.5, 0.6) is 11.5 Å². The van der Waals surface area contributed by atoms with Crippen LogP contribution in [0.1, 0.15) is 10.6 Å². The van der Waals surface area contributed by atoms with E-state index in [4.69, 9.17) is 4.74 Å². The smallest absolute Gasteiger partial charge is 0.271 e. The SMILES string of the molecule is Cc1cc(Oc2ccc(NS(=O)(=O)c3ccc(C)s3)c(F)c2)c2cc(F)ccc2n1. The molecule has 9 heteroatoms. The molecule has 0 bridgehead atoms. The average molecular weight is 447 g/mol. The molecular formula is C21H16F2N2O3S2. The zero-order valence-electron chi connectivity index (χ0n) is 15.9. The van der Waals surface area contributed by atoms with Crippen molar-refractivity contribution < 1.29 is 21.9 Å². The Bertz CT molecular complexity index is 1370. The molecule has 0 saturated heterocycles. The molecule has 0 amide bonds. The fraction of sp³-hybridized carbons (Fsp3) is 0.0952. The highest BCUT2D eigenvalue weighted by Crippen LogP contribution is 2.32. The first kappa shape index (κ1) is 20.2. The fourth-order valence-corrected chi connectivity index (χ4v) is 5.25. The third-order valence-corrected chi connectivity index (χ3v) is 7.11. The fourth-order valence-electron chi connectivity index (χ4n) is 2.90. The van der Waals surface area contributed by atoms with Gasteiger partial charge in [0, 0.05) is 28.1 Å². The van der Waals surface area contributed by atoms with Crippen LogP contribution in [-0.2, 0) is 10.0 Å². The Kier molecular flexibility index (Phi) is 5.17. The molecule has 30 heavy (non-hydrogen) atoms. The molecular weight excluding hydrogens is 430 g/mol. The second-order valence-corrected chi connectivity index (χ2v) is 9.83. The number of pyridine rings is 1. The first-order valence-electron chi connectivity index (χ1n) is 8.85. The van der Waals surface area contributed by atoms with Crippen molar-refractivity contribution in [3.05, 3.63) is 76.8 Å². The molecule has 2 aromatic heterocycles. The van der Waals surface area contributed by atoms with E-state index in [1.807, 2.05) is 0 Å². The lowest BCUT2D eigenvalue weighted by Crippen LogP contribution is -2.12. The first-order chi connectivity index (χ1) is 14.2. The van der Waals surface area contributed by atoms with Gasteiger partial charge in [0.2, 0.25) is 0 Å². The van der Waals surface area contributed by atoms with Crippen molar-refractivity contribution in [2.45, 2.75) is 18.1 Å². The van der Waals surface area contributed by atoms with Gasteiger partial charge in [0.05, 0.1) is 11.2 Å². The minimum Gasteiger partial charge on any atom is -0.456 e. The Morgan fingerprint density at radius 3 is 2.50 bits per heavy atom. The summed E-state index contributed by atoms with van der Waals surface area (Å²) >= 11 is 1.09. The van der Waals surface area contributed by atoms with E-state index in [0.29, 0.717) is 22.3 Å². The molecule has 0 radical (unpaired) electrons. The van der Waals surface area contributed by atoms with E-state index in [1.165, 1.54) is 36.4 Å². The zero-order chi connectivity index (χ0) is 21.5. The molecule has 0 saturated carbocycles. The van der Waals surface area contributed by atoms with E-state index < -0.39 is 21.7 Å². The van der Waals surface area contributed by atoms with Gasteiger partial charge in [0.25, 0.3) is 10.0 Å². The number of hydrogen-bond donors (Lipinski definition) is 1. The molecule has 0 aliphatic heterocycles. The van der Waals surface area contributed by atoms with Gasteiger partial charge in [0.1, 0.15) is 21.5 Å². The number of thiophene rings is 1. The van der Waals surface area contributed by atoms with Crippen LogP contribution in [-0.4, -0.2) is 13.4 Å². The number of hydrogen-bond acceptors (Lipinski definition) is 5. The first-order valence-corrected chi connectivity index (χ1v) is 11.1. The average Bonchev–Trinajstić information content (AvgIpc) is 3.12. The standard InChI is InChI=1S/C21H16F2N2O3S2/c1-12-9-20(16-10-14(22)4-6-18(16)24-12)28-15-5-7-19(17(23)11-15)25-30(26,27)21-8-3-13(2)29-21/h3-11,25H,1-2H3. The van der Waals surface area contributed by atoms with Gasteiger partial charge >= 0.3 is 0 Å².